The van der Waals surface area contributed by atoms with E-state index in [0.29, 0.717) is 0 Å². The quantitative estimate of drug-likeness (QED) is 0.803. The second-order valence-electron chi connectivity index (χ2n) is 4.61. The Balaban J connectivity index is 2.17. The van der Waals surface area contributed by atoms with E-state index in [9.17, 15) is 0 Å². The molecule has 1 N–H and O–H groups in total. The van der Waals surface area contributed by atoms with E-state index in [0.717, 1.165) is 18.7 Å². The van der Waals surface area contributed by atoms with E-state index in [1.807, 2.05) is 7.05 Å². The van der Waals surface area contributed by atoms with Gasteiger partial charge >= 0.3 is 0 Å². The van der Waals surface area contributed by atoms with E-state index in [2.05, 4.69) is 42.6 Å². The summed E-state index contributed by atoms with van der Waals surface area (Å²) in [4.78, 5) is 0. The van der Waals surface area contributed by atoms with Gasteiger partial charge in [0, 0.05) is 12.1 Å². The molecule has 0 aromatic heterocycles. The van der Waals surface area contributed by atoms with Crippen molar-refractivity contribution in [3.63, 3.8) is 0 Å². The van der Waals surface area contributed by atoms with Crippen LogP contribution in [0, 0.1) is 6.92 Å². The molecule has 1 unspecified atom stereocenters. The molecule has 2 heteroatoms. The van der Waals surface area contributed by atoms with E-state index >= 15 is 0 Å². The van der Waals surface area contributed by atoms with Crippen LogP contribution in [0.25, 0.3) is 0 Å². The fraction of sp³-hybridized carbons (Fsp3) is 0.467. The van der Waals surface area contributed by atoms with Gasteiger partial charge in [-0.2, -0.15) is 0 Å². The maximum Gasteiger partial charge on any atom is 0.127 e. The molecule has 1 aromatic rings. The third-order valence-electron chi connectivity index (χ3n) is 3.14. The third-order valence-corrected chi connectivity index (χ3v) is 3.14. The van der Waals surface area contributed by atoms with E-state index in [-0.39, 0.29) is 6.10 Å². The summed E-state index contributed by atoms with van der Waals surface area (Å²) in [5, 5.41) is 3.19. The van der Waals surface area contributed by atoms with Crippen molar-refractivity contribution in [2.75, 3.05) is 7.05 Å². The van der Waals surface area contributed by atoms with Gasteiger partial charge in [-0.1, -0.05) is 24.3 Å². The smallest absolute Gasteiger partial charge is 0.127 e. The largest absolute Gasteiger partial charge is 0.486 e. The standard InChI is InChI=1S/C15H21NO/c1-12-7-6-8-13(11-16-2)15(12)17-14-9-4-3-5-10-14/h4,6-9,14,16H,3,5,10-11H2,1-2H3. The van der Waals surface area contributed by atoms with Crippen LogP contribution in [0.5, 0.6) is 5.75 Å². The zero-order valence-corrected chi connectivity index (χ0v) is 10.7. The van der Waals surface area contributed by atoms with E-state index in [1.165, 1.54) is 24.0 Å². The molecule has 2 nitrogen and oxygen atoms in total. The predicted molar refractivity (Wildman–Crippen MR) is 71.3 cm³/mol. The summed E-state index contributed by atoms with van der Waals surface area (Å²) in [6.45, 7) is 2.97. The highest BCUT2D eigenvalue weighted by atomic mass is 16.5. The lowest BCUT2D eigenvalue weighted by atomic mass is 10.0. The van der Waals surface area contributed by atoms with Crippen molar-refractivity contribution in [1.82, 2.24) is 5.32 Å². The number of ether oxygens (including phenoxy) is 1. The van der Waals surface area contributed by atoms with Gasteiger partial charge in [-0.25, -0.2) is 0 Å². The highest BCUT2D eigenvalue weighted by molar-refractivity contribution is 5.41. The summed E-state index contributed by atoms with van der Waals surface area (Å²) in [6, 6.07) is 6.33. The van der Waals surface area contributed by atoms with E-state index in [1.54, 1.807) is 0 Å². The highest BCUT2D eigenvalue weighted by Gasteiger charge is 2.13. The predicted octanol–water partition coefficient (Wildman–Crippen LogP) is 3.20. The summed E-state index contributed by atoms with van der Waals surface area (Å²) in [5.41, 5.74) is 2.46. The van der Waals surface area contributed by atoms with E-state index < -0.39 is 0 Å². The van der Waals surface area contributed by atoms with Crippen molar-refractivity contribution < 1.29 is 4.74 Å². The van der Waals surface area contributed by atoms with Gasteiger partial charge in [-0.3, -0.25) is 0 Å². The summed E-state index contributed by atoms with van der Waals surface area (Å²) in [7, 11) is 1.96. The third kappa shape index (κ3) is 3.10. The minimum atomic E-state index is 0.250. The van der Waals surface area contributed by atoms with Crippen LogP contribution < -0.4 is 10.1 Å². The van der Waals surface area contributed by atoms with Gasteiger partial charge in [-0.15, -0.1) is 0 Å². The summed E-state index contributed by atoms with van der Waals surface area (Å²) < 4.78 is 6.14. The number of rotatable bonds is 4. The molecule has 0 aliphatic heterocycles. The molecule has 0 spiro atoms. The summed E-state index contributed by atoms with van der Waals surface area (Å²) >= 11 is 0. The van der Waals surface area contributed by atoms with Crippen LogP contribution in [-0.4, -0.2) is 13.2 Å². The Bertz CT molecular complexity index is 398. The van der Waals surface area contributed by atoms with Gasteiger partial charge in [0.05, 0.1) is 0 Å². The van der Waals surface area contributed by atoms with Gasteiger partial charge in [0.15, 0.2) is 0 Å². The Hall–Kier alpha value is -1.28. The second-order valence-corrected chi connectivity index (χ2v) is 4.61. The molecule has 17 heavy (non-hydrogen) atoms. The zero-order valence-electron chi connectivity index (χ0n) is 10.7. The van der Waals surface area contributed by atoms with Crippen LogP contribution in [0.1, 0.15) is 30.4 Å². The molecule has 1 atom stereocenters. The first kappa shape index (κ1) is 12.2. The van der Waals surface area contributed by atoms with Crippen LogP contribution >= 0.6 is 0 Å². The SMILES string of the molecule is CNCc1cccc(C)c1OC1C=CCCC1. The molecule has 0 saturated carbocycles. The molecule has 92 valence electrons. The lowest BCUT2D eigenvalue weighted by molar-refractivity contribution is 0.226. The van der Waals surface area contributed by atoms with Crippen molar-refractivity contribution in [1.29, 1.82) is 0 Å². The molecule has 0 fully saturated rings. The first-order chi connectivity index (χ1) is 8.31. The maximum atomic E-state index is 6.14. The number of allylic oxidation sites excluding steroid dienone is 1. The van der Waals surface area contributed by atoms with Gasteiger partial charge in [0.25, 0.3) is 0 Å². The fourth-order valence-corrected chi connectivity index (χ4v) is 2.24. The lowest BCUT2D eigenvalue weighted by Gasteiger charge is -2.22. The van der Waals surface area contributed by atoms with Crippen molar-refractivity contribution in [2.24, 2.45) is 0 Å². The average Bonchev–Trinajstić information content (AvgIpc) is 2.35. The molecular formula is C15H21NO. The maximum absolute atomic E-state index is 6.14. The Morgan fingerprint density at radius 2 is 2.29 bits per heavy atom. The monoisotopic (exact) mass is 231 g/mol. The minimum Gasteiger partial charge on any atom is -0.486 e. The molecule has 0 radical (unpaired) electrons. The van der Waals surface area contributed by atoms with E-state index in [4.69, 9.17) is 4.74 Å². The average molecular weight is 231 g/mol. The molecule has 0 bridgehead atoms. The van der Waals surface area contributed by atoms with Gasteiger partial charge < -0.3 is 10.1 Å². The molecule has 0 amide bonds. The molecule has 0 heterocycles. The number of hydrogen-bond donors (Lipinski definition) is 1. The number of hydrogen-bond acceptors (Lipinski definition) is 2. The van der Waals surface area contributed by atoms with Crippen LogP contribution in [-0.2, 0) is 6.54 Å². The summed E-state index contributed by atoms with van der Waals surface area (Å²) in [6.07, 6.45) is 8.22. The first-order valence-electron chi connectivity index (χ1n) is 6.37. The Morgan fingerprint density at radius 3 is 3.00 bits per heavy atom. The Morgan fingerprint density at radius 1 is 1.41 bits per heavy atom. The van der Waals surface area contributed by atoms with Crippen LogP contribution in [0.4, 0.5) is 0 Å². The molecule has 0 saturated heterocycles. The normalized spacial score (nSPS) is 19.3. The van der Waals surface area contributed by atoms with Crippen LogP contribution in [0.2, 0.25) is 0 Å². The Kier molecular flexibility index (Phi) is 4.21. The highest BCUT2D eigenvalue weighted by Crippen LogP contribution is 2.26. The molecule has 1 aliphatic carbocycles. The van der Waals surface area contributed by atoms with Crippen molar-refractivity contribution in [3.8, 4) is 5.75 Å². The zero-order chi connectivity index (χ0) is 12.1. The van der Waals surface area contributed by atoms with Gasteiger partial charge in [0.1, 0.15) is 11.9 Å². The second kappa shape index (κ2) is 5.87. The van der Waals surface area contributed by atoms with Crippen LogP contribution in [0.3, 0.4) is 0 Å². The molecule has 1 aliphatic rings. The number of nitrogens with one attached hydrogen (secondary N) is 1. The number of para-hydroxylation sites is 1. The minimum absolute atomic E-state index is 0.250. The van der Waals surface area contributed by atoms with Crippen molar-refractivity contribution in [2.45, 2.75) is 38.8 Å². The van der Waals surface area contributed by atoms with Gasteiger partial charge in [-0.05, 0) is 44.9 Å². The first-order valence-corrected chi connectivity index (χ1v) is 6.37. The van der Waals surface area contributed by atoms with Crippen molar-refractivity contribution >= 4 is 0 Å². The fourth-order valence-electron chi connectivity index (χ4n) is 2.24. The topological polar surface area (TPSA) is 21.3 Å². The molecule has 2 rings (SSSR count). The van der Waals surface area contributed by atoms with Crippen LogP contribution in [0.15, 0.2) is 30.4 Å². The Labute approximate surface area is 104 Å². The number of aryl methyl sites for hydroxylation is 1. The number of benzene rings is 1. The van der Waals surface area contributed by atoms with Gasteiger partial charge in [0.2, 0.25) is 0 Å². The summed E-state index contributed by atoms with van der Waals surface area (Å²) in [5.74, 6) is 1.05. The molecule has 1 aromatic carbocycles. The lowest BCUT2D eigenvalue weighted by Crippen LogP contribution is -2.18. The molecular weight excluding hydrogens is 210 g/mol. The van der Waals surface area contributed by atoms with Crippen molar-refractivity contribution in [3.05, 3.63) is 41.5 Å².